The van der Waals surface area contributed by atoms with E-state index in [9.17, 15) is 0 Å². The number of rotatable bonds is 4. The number of benzene rings is 1. The fourth-order valence-corrected chi connectivity index (χ4v) is 1.88. The molecule has 1 atom stereocenters. The molecule has 1 aromatic carbocycles. The van der Waals surface area contributed by atoms with Crippen LogP contribution in [-0.4, -0.2) is 17.0 Å². The molecule has 84 valence electrons. The second-order valence-electron chi connectivity index (χ2n) is 4.01. The van der Waals surface area contributed by atoms with Crippen LogP contribution in [0.1, 0.15) is 23.0 Å². The van der Waals surface area contributed by atoms with Gasteiger partial charge in [-0.05, 0) is 26.0 Å². The molecule has 1 aromatic heterocycles. The van der Waals surface area contributed by atoms with E-state index < -0.39 is 0 Å². The number of nitrogens with one attached hydrogen (secondary N) is 2. The number of hydrogen-bond acceptors (Lipinski definition) is 2. The van der Waals surface area contributed by atoms with Gasteiger partial charge in [-0.2, -0.15) is 0 Å². The Morgan fingerprint density at radius 1 is 1.44 bits per heavy atom. The van der Waals surface area contributed by atoms with Crippen LogP contribution in [0.4, 0.5) is 0 Å². The van der Waals surface area contributed by atoms with Crippen molar-refractivity contribution in [3.63, 3.8) is 0 Å². The number of imidazole rings is 1. The van der Waals surface area contributed by atoms with Gasteiger partial charge < -0.3 is 10.3 Å². The summed E-state index contributed by atoms with van der Waals surface area (Å²) in [6.45, 7) is 2.12. The lowest BCUT2D eigenvalue weighted by Crippen LogP contribution is -2.20. The van der Waals surface area contributed by atoms with Gasteiger partial charge in [0.2, 0.25) is 0 Å². The van der Waals surface area contributed by atoms with Gasteiger partial charge in [0.05, 0.1) is 6.04 Å². The maximum Gasteiger partial charge on any atom is 0.123 e. The lowest BCUT2D eigenvalue weighted by molar-refractivity contribution is 0.563. The first-order valence-corrected chi connectivity index (χ1v) is 5.51. The van der Waals surface area contributed by atoms with E-state index in [1.54, 1.807) is 6.20 Å². The van der Waals surface area contributed by atoms with E-state index in [0.717, 1.165) is 12.2 Å². The smallest absolute Gasteiger partial charge is 0.123 e. The Labute approximate surface area is 95.9 Å². The van der Waals surface area contributed by atoms with Gasteiger partial charge in [0.15, 0.2) is 0 Å². The average Bonchev–Trinajstić information content (AvgIpc) is 2.79. The minimum Gasteiger partial charge on any atom is -0.347 e. The highest BCUT2D eigenvalue weighted by molar-refractivity contribution is 5.23. The monoisotopic (exact) mass is 215 g/mol. The third-order valence-electron chi connectivity index (χ3n) is 2.72. The van der Waals surface area contributed by atoms with Crippen molar-refractivity contribution in [1.82, 2.24) is 15.3 Å². The summed E-state index contributed by atoms with van der Waals surface area (Å²) in [5.41, 5.74) is 2.63. The number of aryl methyl sites for hydroxylation is 1. The average molecular weight is 215 g/mol. The molecular formula is C13H17N3. The van der Waals surface area contributed by atoms with Crippen LogP contribution in [-0.2, 0) is 6.42 Å². The second kappa shape index (κ2) is 4.94. The van der Waals surface area contributed by atoms with Gasteiger partial charge in [0, 0.05) is 12.4 Å². The van der Waals surface area contributed by atoms with Gasteiger partial charge in [0.25, 0.3) is 0 Å². The van der Waals surface area contributed by atoms with Crippen LogP contribution in [0.25, 0.3) is 0 Å². The van der Waals surface area contributed by atoms with Crippen LogP contribution < -0.4 is 5.32 Å². The first-order chi connectivity index (χ1) is 7.79. The zero-order valence-electron chi connectivity index (χ0n) is 9.70. The summed E-state index contributed by atoms with van der Waals surface area (Å²) >= 11 is 0. The van der Waals surface area contributed by atoms with E-state index in [-0.39, 0.29) is 6.04 Å². The normalized spacial score (nSPS) is 12.6. The van der Waals surface area contributed by atoms with Crippen LogP contribution in [0.15, 0.2) is 36.7 Å². The summed E-state index contributed by atoms with van der Waals surface area (Å²) in [4.78, 5) is 7.44. The number of aromatic nitrogens is 2. The third-order valence-corrected chi connectivity index (χ3v) is 2.72. The van der Waals surface area contributed by atoms with Crippen LogP contribution in [0.2, 0.25) is 0 Å². The summed E-state index contributed by atoms with van der Waals surface area (Å²) in [5, 5.41) is 3.28. The molecule has 3 nitrogen and oxygen atoms in total. The molecule has 2 N–H and O–H groups in total. The topological polar surface area (TPSA) is 40.7 Å². The summed E-state index contributed by atoms with van der Waals surface area (Å²) in [5.74, 6) is 0.990. The molecule has 0 saturated carbocycles. The number of H-pyrrole nitrogens is 1. The fourth-order valence-electron chi connectivity index (χ4n) is 1.88. The van der Waals surface area contributed by atoms with Crippen LogP contribution in [0.3, 0.4) is 0 Å². The van der Waals surface area contributed by atoms with Gasteiger partial charge in [0.1, 0.15) is 5.82 Å². The van der Waals surface area contributed by atoms with E-state index in [2.05, 4.69) is 46.5 Å². The highest BCUT2D eigenvalue weighted by Gasteiger charge is 2.11. The van der Waals surface area contributed by atoms with Crippen LogP contribution >= 0.6 is 0 Å². The minimum atomic E-state index is 0.247. The van der Waals surface area contributed by atoms with E-state index in [4.69, 9.17) is 0 Å². The summed E-state index contributed by atoms with van der Waals surface area (Å²) in [6, 6.07) is 8.83. The first kappa shape index (κ1) is 10.9. The molecule has 0 aliphatic carbocycles. The van der Waals surface area contributed by atoms with Crippen molar-refractivity contribution < 1.29 is 0 Å². The molecule has 2 aromatic rings. The standard InChI is InChI=1S/C13H17N3/c1-10-4-3-5-11(8-10)9-12(14-2)13-15-6-7-16-13/h3-8,12,14H,9H2,1-2H3,(H,15,16). The molecule has 1 heterocycles. The van der Waals surface area contributed by atoms with Gasteiger partial charge in [-0.25, -0.2) is 4.98 Å². The molecule has 0 aliphatic rings. The summed E-state index contributed by atoms with van der Waals surface area (Å²) in [7, 11) is 1.96. The maximum atomic E-state index is 4.29. The van der Waals surface area contributed by atoms with Crippen molar-refractivity contribution in [3.8, 4) is 0 Å². The Morgan fingerprint density at radius 2 is 2.31 bits per heavy atom. The van der Waals surface area contributed by atoms with Crippen molar-refractivity contribution in [3.05, 3.63) is 53.6 Å². The Bertz CT molecular complexity index is 434. The number of aromatic amines is 1. The summed E-state index contributed by atoms with van der Waals surface area (Å²) in [6.07, 6.45) is 4.59. The molecule has 0 saturated heterocycles. The number of nitrogens with zero attached hydrogens (tertiary/aromatic N) is 1. The number of hydrogen-bond donors (Lipinski definition) is 2. The summed E-state index contributed by atoms with van der Waals surface area (Å²) < 4.78 is 0. The van der Waals surface area contributed by atoms with E-state index in [1.165, 1.54) is 11.1 Å². The molecule has 3 heteroatoms. The molecule has 0 radical (unpaired) electrons. The van der Waals surface area contributed by atoms with E-state index >= 15 is 0 Å². The van der Waals surface area contributed by atoms with Gasteiger partial charge >= 0.3 is 0 Å². The molecule has 0 bridgehead atoms. The molecule has 16 heavy (non-hydrogen) atoms. The molecule has 0 aliphatic heterocycles. The number of likely N-dealkylation sites (N-methyl/N-ethyl adjacent to an activating group) is 1. The Hall–Kier alpha value is -1.61. The predicted molar refractivity (Wildman–Crippen MR) is 65.3 cm³/mol. The van der Waals surface area contributed by atoms with Crippen LogP contribution in [0.5, 0.6) is 0 Å². The Morgan fingerprint density at radius 3 is 2.94 bits per heavy atom. The van der Waals surface area contributed by atoms with E-state index in [0.29, 0.717) is 0 Å². The van der Waals surface area contributed by atoms with Gasteiger partial charge in [-0.3, -0.25) is 0 Å². The third kappa shape index (κ3) is 2.49. The van der Waals surface area contributed by atoms with Crippen molar-refractivity contribution in [1.29, 1.82) is 0 Å². The van der Waals surface area contributed by atoms with Crippen molar-refractivity contribution in [2.24, 2.45) is 0 Å². The largest absolute Gasteiger partial charge is 0.347 e. The zero-order valence-corrected chi connectivity index (χ0v) is 9.70. The minimum absolute atomic E-state index is 0.247. The Kier molecular flexibility index (Phi) is 3.37. The van der Waals surface area contributed by atoms with Crippen molar-refractivity contribution >= 4 is 0 Å². The second-order valence-corrected chi connectivity index (χ2v) is 4.01. The molecule has 0 spiro atoms. The first-order valence-electron chi connectivity index (χ1n) is 5.51. The molecule has 0 fully saturated rings. The highest BCUT2D eigenvalue weighted by Crippen LogP contribution is 2.15. The predicted octanol–water partition coefficient (Wildman–Crippen LogP) is 2.22. The quantitative estimate of drug-likeness (QED) is 0.821. The zero-order chi connectivity index (χ0) is 11.4. The van der Waals surface area contributed by atoms with E-state index in [1.807, 2.05) is 13.2 Å². The molecular weight excluding hydrogens is 198 g/mol. The van der Waals surface area contributed by atoms with Crippen LogP contribution in [0, 0.1) is 6.92 Å². The maximum absolute atomic E-state index is 4.29. The molecule has 2 rings (SSSR count). The molecule has 1 unspecified atom stereocenters. The van der Waals surface area contributed by atoms with Crippen molar-refractivity contribution in [2.75, 3.05) is 7.05 Å². The van der Waals surface area contributed by atoms with Crippen molar-refractivity contribution in [2.45, 2.75) is 19.4 Å². The van der Waals surface area contributed by atoms with Gasteiger partial charge in [-0.1, -0.05) is 29.8 Å². The lowest BCUT2D eigenvalue weighted by Gasteiger charge is -2.13. The highest BCUT2D eigenvalue weighted by atomic mass is 15.0. The molecule has 0 amide bonds. The fraction of sp³-hybridized carbons (Fsp3) is 0.308. The Balaban J connectivity index is 2.13. The van der Waals surface area contributed by atoms with Gasteiger partial charge in [-0.15, -0.1) is 0 Å². The lowest BCUT2D eigenvalue weighted by atomic mass is 10.0. The SMILES string of the molecule is CNC(Cc1cccc(C)c1)c1ncc[nH]1.